The summed E-state index contributed by atoms with van der Waals surface area (Å²) in [5.41, 5.74) is 3.11. The first kappa shape index (κ1) is 26.7. The molecule has 0 N–H and O–H groups in total. The van der Waals surface area contributed by atoms with Crippen LogP contribution in [0, 0.1) is 18.6 Å². The normalized spacial score (nSPS) is 17.6. The second kappa shape index (κ2) is 11.1. The van der Waals surface area contributed by atoms with Crippen molar-refractivity contribution in [1.29, 1.82) is 0 Å². The Morgan fingerprint density at radius 1 is 1.10 bits per heavy atom. The fourth-order valence-electron chi connectivity index (χ4n) is 5.09. The fraction of sp³-hybridized carbons (Fsp3) is 0.276. The Morgan fingerprint density at radius 3 is 2.62 bits per heavy atom. The molecule has 0 saturated carbocycles. The summed E-state index contributed by atoms with van der Waals surface area (Å²) in [6, 6.07) is 15.0. The number of hydrogen-bond acceptors (Lipinski definition) is 6. The van der Waals surface area contributed by atoms with Crippen molar-refractivity contribution in [3.05, 3.63) is 88.3 Å². The van der Waals surface area contributed by atoms with Crippen molar-refractivity contribution in [2.75, 3.05) is 43.5 Å². The minimum absolute atomic E-state index is 0.00417. The second-order valence-corrected chi connectivity index (χ2v) is 11.6. The summed E-state index contributed by atoms with van der Waals surface area (Å²) in [6.07, 6.45) is 0. The van der Waals surface area contributed by atoms with Gasteiger partial charge in [0.05, 0.1) is 34.8 Å². The number of nitrogens with zero attached hydrogens (tertiary/aromatic N) is 4. The number of thioether (sulfide) groups is 1. The van der Waals surface area contributed by atoms with Gasteiger partial charge >= 0.3 is 0 Å². The molecule has 4 heterocycles. The van der Waals surface area contributed by atoms with Crippen LogP contribution < -0.4 is 4.90 Å². The molecule has 11 heteroatoms. The van der Waals surface area contributed by atoms with Gasteiger partial charge in [-0.15, -0.1) is 23.1 Å². The van der Waals surface area contributed by atoms with Gasteiger partial charge in [-0.05, 0) is 36.1 Å². The standard InChI is InChI=1S/C29H26F2N4O3S2/c1-18-5-2-3-6-22(18)35-29-26(27(32-35)23-7-4-14-39-23)28(20-9-8-19(30)15-21(20)31)40-17-25(37)34(29)16-24(36)33-10-12-38-13-11-33/h2-9,14-15,28H,10-13,16-17H2,1H3/t28-/m1/s1. The molecule has 1 saturated heterocycles. The number of fused-ring (bicyclic) bond motifs is 1. The van der Waals surface area contributed by atoms with Gasteiger partial charge in [-0.2, -0.15) is 5.10 Å². The number of anilines is 1. The molecule has 2 amide bonds. The average molecular weight is 581 g/mol. The summed E-state index contributed by atoms with van der Waals surface area (Å²) in [7, 11) is 0. The molecule has 2 aliphatic rings. The van der Waals surface area contributed by atoms with Crippen molar-refractivity contribution in [1.82, 2.24) is 14.7 Å². The molecule has 2 aromatic heterocycles. The van der Waals surface area contributed by atoms with Crippen LogP contribution in [0.1, 0.15) is 21.9 Å². The van der Waals surface area contributed by atoms with Crippen LogP contribution >= 0.6 is 23.1 Å². The van der Waals surface area contributed by atoms with Crippen LogP contribution in [0.4, 0.5) is 14.6 Å². The molecular weight excluding hydrogens is 554 g/mol. The molecule has 2 aliphatic heterocycles. The van der Waals surface area contributed by atoms with E-state index < -0.39 is 16.9 Å². The number of carbonyl (C=O) groups is 2. The van der Waals surface area contributed by atoms with Crippen LogP contribution in [0.3, 0.4) is 0 Å². The Labute approximate surface area is 238 Å². The number of amides is 2. The van der Waals surface area contributed by atoms with Crippen molar-refractivity contribution >= 4 is 40.7 Å². The lowest BCUT2D eigenvalue weighted by atomic mass is 10.0. The number of ether oxygens (including phenoxy) is 1. The summed E-state index contributed by atoms with van der Waals surface area (Å²) < 4.78 is 36.4. The quantitative estimate of drug-likeness (QED) is 0.324. The third-order valence-corrected chi connectivity index (χ3v) is 9.20. The highest BCUT2D eigenvalue weighted by molar-refractivity contribution is 8.00. The molecule has 40 heavy (non-hydrogen) atoms. The van der Waals surface area contributed by atoms with E-state index in [1.165, 1.54) is 40.1 Å². The molecule has 4 aromatic rings. The van der Waals surface area contributed by atoms with Gasteiger partial charge in [0.15, 0.2) is 0 Å². The number of aryl methyl sites for hydroxylation is 1. The number of para-hydroxylation sites is 1. The van der Waals surface area contributed by atoms with Crippen LogP contribution in [0.25, 0.3) is 16.3 Å². The molecule has 0 bridgehead atoms. The predicted octanol–water partition coefficient (Wildman–Crippen LogP) is 5.22. The number of rotatable bonds is 5. The van der Waals surface area contributed by atoms with Crippen LogP contribution in [0.5, 0.6) is 0 Å². The van der Waals surface area contributed by atoms with E-state index in [9.17, 15) is 14.0 Å². The number of benzene rings is 2. The summed E-state index contributed by atoms with van der Waals surface area (Å²) in [6.45, 7) is 3.54. The predicted molar refractivity (Wildman–Crippen MR) is 152 cm³/mol. The van der Waals surface area contributed by atoms with E-state index in [0.29, 0.717) is 43.4 Å². The minimum Gasteiger partial charge on any atom is -0.378 e. The third-order valence-electron chi connectivity index (χ3n) is 7.09. The van der Waals surface area contributed by atoms with E-state index in [2.05, 4.69) is 0 Å². The summed E-state index contributed by atoms with van der Waals surface area (Å²) in [4.78, 5) is 31.3. The summed E-state index contributed by atoms with van der Waals surface area (Å²) in [5.74, 6) is -1.44. The van der Waals surface area contributed by atoms with Gasteiger partial charge < -0.3 is 9.64 Å². The first-order chi connectivity index (χ1) is 19.4. The molecule has 1 atom stereocenters. The van der Waals surface area contributed by atoms with E-state index in [1.54, 1.807) is 9.58 Å². The number of hydrogen-bond donors (Lipinski definition) is 0. The number of halogens is 2. The Morgan fingerprint density at radius 2 is 1.90 bits per heavy atom. The van der Waals surface area contributed by atoms with E-state index in [1.807, 2.05) is 48.7 Å². The Balaban J connectivity index is 1.60. The van der Waals surface area contributed by atoms with Crippen LogP contribution in [-0.4, -0.2) is 65.1 Å². The molecule has 0 unspecified atom stereocenters. The average Bonchev–Trinajstić information content (AvgIpc) is 3.59. The van der Waals surface area contributed by atoms with Gasteiger partial charge in [0.1, 0.15) is 29.7 Å². The minimum atomic E-state index is -0.700. The van der Waals surface area contributed by atoms with E-state index in [-0.39, 0.29) is 29.7 Å². The van der Waals surface area contributed by atoms with Crippen molar-refractivity contribution in [3.8, 4) is 16.3 Å². The first-order valence-electron chi connectivity index (χ1n) is 12.9. The molecule has 7 nitrogen and oxygen atoms in total. The Bertz CT molecular complexity index is 1570. The lowest BCUT2D eigenvalue weighted by Crippen LogP contribution is -2.48. The molecule has 6 rings (SSSR count). The molecule has 206 valence electrons. The molecular formula is C29H26F2N4O3S2. The van der Waals surface area contributed by atoms with Crippen molar-refractivity contribution in [2.24, 2.45) is 0 Å². The zero-order valence-corrected chi connectivity index (χ0v) is 23.3. The monoisotopic (exact) mass is 580 g/mol. The smallest absolute Gasteiger partial charge is 0.242 e. The Hall–Kier alpha value is -3.54. The third kappa shape index (κ3) is 4.93. The first-order valence-corrected chi connectivity index (χ1v) is 14.8. The number of carbonyl (C=O) groups excluding carboxylic acids is 2. The zero-order valence-electron chi connectivity index (χ0n) is 21.7. The maximum atomic E-state index is 15.3. The lowest BCUT2D eigenvalue weighted by Gasteiger charge is -2.30. The highest BCUT2D eigenvalue weighted by atomic mass is 32.2. The Kier molecular flexibility index (Phi) is 7.43. The van der Waals surface area contributed by atoms with Crippen molar-refractivity contribution in [2.45, 2.75) is 12.2 Å². The largest absolute Gasteiger partial charge is 0.378 e. The van der Waals surface area contributed by atoms with Gasteiger partial charge in [0.2, 0.25) is 11.8 Å². The van der Waals surface area contributed by atoms with Gasteiger partial charge in [-0.25, -0.2) is 13.5 Å². The van der Waals surface area contributed by atoms with E-state index in [4.69, 9.17) is 9.84 Å². The van der Waals surface area contributed by atoms with Crippen LogP contribution in [0.2, 0.25) is 0 Å². The zero-order chi connectivity index (χ0) is 27.8. The topological polar surface area (TPSA) is 67.7 Å². The highest BCUT2D eigenvalue weighted by Gasteiger charge is 2.39. The van der Waals surface area contributed by atoms with Gasteiger partial charge in [0.25, 0.3) is 0 Å². The second-order valence-electron chi connectivity index (χ2n) is 9.59. The van der Waals surface area contributed by atoms with Crippen molar-refractivity contribution in [3.63, 3.8) is 0 Å². The van der Waals surface area contributed by atoms with E-state index >= 15 is 4.39 Å². The van der Waals surface area contributed by atoms with Gasteiger partial charge in [-0.3, -0.25) is 14.5 Å². The molecule has 0 aliphatic carbocycles. The van der Waals surface area contributed by atoms with Crippen LogP contribution in [0.15, 0.2) is 60.0 Å². The summed E-state index contributed by atoms with van der Waals surface area (Å²) in [5, 5.41) is 6.27. The number of aromatic nitrogens is 2. The van der Waals surface area contributed by atoms with E-state index in [0.717, 1.165) is 22.2 Å². The number of morpholine rings is 1. The van der Waals surface area contributed by atoms with Gasteiger partial charge in [0, 0.05) is 30.3 Å². The molecule has 2 aromatic carbocycles. The lowest BCUT2D eigenvalue weighted by molar-refractivity contribution is -0.134. The maximum absolute atomic E-state index is 15.3. The highest BCUT2D eigenvalue weighted by Crippen LogP contribution is 2.49. The SMILES string of the molecule is Cc1ccccc1-n1nc(-c2cccs2)c2c1N(CC(=O)N1CCOCC1)C(=O)CS[C@@H]2c1ccc(F)cc1F. The maximum Gasteiger partial charge on any atom is 0.242 e. The van der Waals surface area contributed by atoms with Crippen LogP contribution in [-0.2, 0) is 14.3 Å². The number of thiophene rings is 1. The summed E-state index contributed by atoms with van der Waals surface area (Å²) >= 11 is 2.73. The molecule has 0 spiro atoms. The van der Waals surface area contributed by atoms with Gasteiger partial charge in [-0.1, -0.05) is 30.3 Å². The van der Waals surface area contributed by atoms with Crippen molar-refractivity contribution < 1.29 is 23.1 Å². The molecule has 1 fully saturated rings. The fourth-order valence-corrected chi connectivity index (χ4v) is 7.03. The molecule has 0 radical (unpaired) electrons.